The molecule has 0 bridgehead atoms. The summed E-state index contributed by atoms with van der Waals surface area (Å²) in [6.07, 6.45) is 4.50. The molecule has 0 aliphatic heterocycles. The van der Waals surface area contributed by atoms with E-state index in [1.807, 2.05) is 0 Å². The molecule has 1 aromatic carbocycles. The molecule has 4 nitrogen and oxygen atoms in total. The topological polar surface area (TPSA) is 72.0 Å². The Kier molecular flexibility index (Phi) is 3.80. The summed E-state index contributed by atoms with van der Waals surface area (Å²) in [6, 6.07) is 3.77. The van der Waals surface area contributed by atoms with Crippen LogP contribution < -0.4 is 5.73 Å². The third-order valence-corrected chi connectivity index (χ3v) is 4.60. The van der Waals surface area contributed by atoms with Crippen LogP contribution in [0, 0.1) is 5.82 Å². The smallest absolute Gasteiger partial charge is 0.162 e. The number of benzene rings is 1. The monoisotopic (exact) mass is 351 g/mol. The van der Waals surface area contributed by atoms with E-state index in [-0.39, 0.29) is 5.75 Å². The molecule has 110 valence electrons. The van der Waals surface area contributed by atoms with E-state index in [9.17, 15) is 9.50 Å². The van der Waals surface area contributed by atoms with Crippen LogP contribution in [0.5, 0.6) is 5.75 Å². The molecule has 1 aliphatic carbocycles. The zero-order valence-electron chi connectivity index (χ0n) is 11.3. The van der Waals surface area contributed by atoms with Gasteiger partial charge in [0, 0.05) is 17.5 Å². The van der Waals surface area contributed by atoms with Crippen LogP contribution in [0.3, 0.4) is 0 Å². The molecule has 1 fully saturated rings. The minimum atomic E-state index is -0.530. The molecule has 1 saturated carbocycles. The van der Waals surface area contributed by atoms with Gasteiger partial charge in [0.2, 0.25) is 0 Å². The largest absolute Gasteiger partial charge is 0.508 e. The van der Waals surface area contributed by atoms with Crippen molar-refractivity contribution in [3.63, 3.8) is 0 Å². The Morgan fingerprint density at radius 2 is 1.90 bits per heavy atom. The molecule has 1 aromatic heterocycles. The number of aromatic nitrogens is 2. The average Bonchev–Trinajstić information content (AvgIpc) is 2.94. The molecule has 6 heteroatoms. The Balaban J connectivity index is 2.10. The van der Waals surface area contributed by atoms with Gasteiger partial charge in [0.25, 0.3) is 0 Å². The lowest BCUT2D eigenvalue weighted by Gasteiger charge is -2.14. The van der Waals surface area contributed by atoms with E-state index in [2.05, 4.69) is 25.9 Å². The van der Waals surface area contributed by atoms with Crippen molar-refractivity contribution >= 4 is 21.7 Å². The van der Waals surface area contributed by atoms with Crippen molar-refractivity contribution in [2.45, 2.75) is 31.6 Å². The predicted octanol–water partition coefficient (Wildman–Crippen LogP) is 3.99. The first-order chi connectivity index (χ1) is 10.0. The van der Waals surface area contributed by atoms with Gasteiger partial charge in [0.1, 0.15) is 17.4 Å². The zero-order valence-corrected chi connectivity index (χ0v) is 12.9. The summed E-state index contributed by atoms with van der Waals surface area (Å²) in [4.78, 5) is 8.75. The van der Waals surface area contributed by atoms with E-state index >= 15 is 0 Å². The van der Waals surface area contributed by atoms with Gasteiger partial charge < -0.3 is 10.8 Å². The van der Waals surface area contributed by atoms with Crippen LogP contribution in [-0.4, -0.2) is 15.1 Å². The van der Waals surface area contributed by atoms with Crippen molar-refractivity contribution in [1.82, 2.24) is 9.97 Å². The summed E-state index contributed by atoms with van der Waals surface area (Å²) >= 11 is 3.45. The number of nitrogens with zero attached hydrogens (tertiary/aromatic N) is 2. The molecule has 1 heterocycles. The summed E-state index contributed by atoms with van der Waals surface area (Å²) in [6.45, 7) is 0. The van der Waals surface area contributed by atoms with Crippen molar-refractivity contribution in [2.24, 2.45) is 0 Å². The number of nitrogen functional groups attached to an aromatic ring is 1. The molecule has 1 aliphatic rings. The fourth-order valence-electron chi connectivity index (χ4n) is 2.78. The SMILES string of the molecule is Nc1nc(-c2cc(O)cc(F)c2)nc(C2CCCC2)c1Br. The fraction of sp³-hybridized carbons (Fsp3) is 0.333. The van der Waals surface area contributed by atoms with Gasteiger partial charge in [-0.2, -0.15) is 0 Å². The van der Waals surface area contributed by atoms with Crippen LogP contribution in [0.4, 0.5) is 10.2 Å². The van der Waals surface area contributed by atoms with E-state index < -0.39 is 5.82 Å². The van der Waals surface area contributed by atoms with Gasteiger partial charge in [-0.15, -0.1) is 0 Å². The van der Waals surface area contributed by atoms with Gasteiger partial charge >= 0.3 is 0 Å². The molecule has 2 aromatic rings. The maximum atomic E-state index is 13.4. The average molecular weight is 352 g/mol. The quantitative estimate of drug-likeness (QED) is 0.857. The number of aromatic hydroxyl groups is 1. The highest BCUT2D eigenvalue weighted by Crippen LogP contribution is 2.39. The number of anilines is 1. The minimum Gasteiger partial charge on any atom is -0.508 e. The third-order valence-electron chi connectivity index (χ3n) is 3.79. The maximum Gasteiger partial charge on any atom is 0.162 e. The lowest BCUT2D eigenvalue weighted by Crippen LogP contribution is -2.06. The van der Waals surface area contributed by atoms with E-state index in [0.29, 0.717) is 23.1 Å². The van der Waals surface area contributed by atoms with Crippen LogP contribution in [0.15, 0.2) is 22.7 Å². The molecule has 21 heavy (non-hydrogen) atoms. The molecule has 0 amide bonds. The molecular weight excluding hydrogens is 337 g/mol. The van der Waals surface area contributed by atoms with Gasteiger partial charge in [-0.25, -0.2) is 14.4 Å². The lowest BCUT2D eigenvalue weighted by molar-refractivity contribution is 0.469. The number of halogens is 2. The first-order valence-corrected chi connectivity index (χ1v) is 7.66. The number of phenols is 1. The Hall–Kier alpha value is -1.69. The summed E-state index contributed by atoms with van der Waals surface area (Å²) in [5.41, 5.74) is 7.24. The van der Waals surface area contributed by atoms with E-state index in [0.717, 1.165) is 29.1 Å². The summed E-state index contributed by atoms with van der Waals surface area (Å²) in [5.74, 6) is 0.346. The van der Waals surface area contributed by atoms with Gasteiger partial charge in [0.15, 0.2) is 5.82 Å². The highest BCUT2D eigenvalue weighted by atomic mass is 79.9. The van der Waals surface area contributed by atoms with E-state index in [1.165, 1.54) is 25.0 Å². The number of hydrogen-bond acceptors (Lipinski definition) is 4. The predicted molar refractivity (Wildman–Crippen MR) is 82.4 cm³/mol. The summed E-state index contributed by atoms with van der Waals surface area (Å²) in [5, 5.41) is 9.52. The van der Waals surface area contributed by atoms with Crippen LogP contribution >= 0.6 is 15.9 Å². The first kappa shape index (κ1) is 14.3. The van der Waals surface area contributed by atoms with Crippen LogP contribution in [-0.2, 0) is 0 Å². The number of nitrogens with two attached hydrogens (primary N) is 1. The second-order valence-corrected chi connectivity index (χ2v) is 6.10. The van der Waals surface area contributed by atoms with Gasteiger partial charge in [-0.05, 0) is 40.9 Å². The van der Waals surface area contributed by atoms with Crippen molar-refractivity contribution in [3.05, 3.63) is 34.2 Å². The molecule has 0 unspecified atom stereocenters. The van der Waals surface area contributed by atoms with Crippen molar-refractivity contribution in [3.8, 4) is 17.1 Å². The van der Waals surface area contributed by atoms with Crippen LogP contribution in [0.25, 0.3) is 11.4 Å². The Morgan fingerprint density at radius 3 is 2.57 bits per heavy atom. The standard InChI is InChI=1S/C15H15BrFN3O/c16-12-13(8-3-1-2-4-8)19-15(20-14(12)18)9-5-10(17)7-11(21)6-9/h5-8,21H,1-4H2,(H2,18,19,20). The highest BCUT2D eigenvalue weighted by molar-refractivity contribution is 9.10. The van der Waals surface area contributed by atoms with Gasteiger partial charge in [0.05, 0.1) is 10.2 Å². The molecule has 3 N–H and O–H groups in total. The molecule has 0 saturated heterocycles. The second kappa shape index (κ2) is 5.60. The molecule has 3 rings (SSSR count). The first-order valence-electron chi connectivity index (χ1n) is 6.87. The number of rotatable bonds is 2. The maximum absolute atomic E-state index is 13.4. The number of phenolic OH excluding ortho intramolecular Hbond substituents is 1. The highest BCUT2D eigenvalue weighted by Gasteiger charge is 2.23. The van der Waals surface area contributed by atoms with Crippen molar-refractivity contribution in [1.29, 1.82) is 0 Å². The van der Waals surface area contributed by atoms with Crippen LogP contribution in [0.2, 0.25) is 0 Å². The molecule has 0 radical (unpaired) electrons. The minimum absolute atomic E-state index is 0.155. The summed E-state index contributed by atoms with van der Waals surface area (Å²) in [7, 11) is 0. The Bertz CT molecular complexity index is 667. The van der Waals surface area contributed by atoms with Crippen LogP contribution in [0.1, 0.15) is 37.3 Å². The Labute approximate surface area is 130 Å². The van der Waals surface area contributed by atoms with Gasteiger partial charge in [-0.1, -0.05) is 12.8 Å². The molecular formula is C15H15BrFN3O. The van der Waals surface area contributed by atoms with Gasteiger partial charge in [-0.3, -0.25) is 0 Å². The Morgan fingerprint density at radius 1 is 1.19 bits per heavy atom. The second-order valence-electron chi connectivity index (χ2n) is 5.31. The fourth-order valence-corrected chi connectivity index (χ4v) is 3.29. The van der Waals surface area contributed by atoms with Crippen molar-refractivity contribution in [2.75, 3.05) is 5.73 Å². The number of hydrogen-bond donors (Lipinski definition) is 2. The lowest BCUT2D eigenvalue weighted by atomic mass is 10.0. The molecule has 0 spiro atoms. The van der Waals surface area contributed by atoms with Crippen molar-refractivity contribution < 1.29 is 9.50 Å². The van der Waals surface area contributed by atoms with E-state index in [1.54, 1.807) is 0 Å². The molecule has 0 atom stereocenters. The zero-order chi connectivity index (χ0) is 15.0. The summed E-state index contributed by atoms with van der Waals surface area (Å²) < 4.78 is 14.2. The van der Waals surface area contributed by atoms with E-state index in [4.69, 9.17) is 5.73 Å². The normalized spacial score (nSPS) is 15.5. The third kappa shape index (κ3) is 2.85.